The molecule has 1 amide bonds. The summed E-state index contributed by atoms with van der Waals surface area (Å²) in [6.07, 6.45) is 0.438. The maximum absolute atomic E-state index is 11.9. The van der Waals surface area contributed by atoms with E-state index in [0.29, 0.717) is 26.1 Å². The summed E-state index contributed by atoms with van der Waals surface area (Å²) in [5, 5.41) is 2.78. The molecule has 0 aromatic rings. The van der Waals surface area contributed by atoms with Crippen molar-refractivity contribution in [1.82, 2.24) is 10.2 Å². The summed E-state index contributed by atoms with van der Waals surface area (Å²) in [6.45, 7) is 9.26. The number of rotatable bonds is 2. The molecule has 0 saturated carbocycles. The van der Waals surface area contributed by atoms with E-state index in [4.69, 9.17) is 4.74 Å². The minimum Gasteiger partial charge on any atom is -0.459 e. The van der Waals surface area contributed by atoms with Gasteiger partial charge in [-0.25, -0.2) is 0 Å². The molecular weight excluding hydrogens is 220 g/mol. The molecule has 0 bridgehead atoms. The lowest BCUT2D eigenvalue weighted by molar-refractivity contribution is -0.160. The van der Waals surface area contributed by atoms with Crippen LogP contribution < -0.4 is 5.32 Å². The third-order valence-corrected chi connectivity index (χ3v) is 2.64. The van der Waals surface area contributed by atoms with E-state index < -0.39 is 5.60 Å². The standard InChI is InChI=1S/C12H22N2O3/c1-9(11(16)17-12(2,3)4)14-7-5-10(15)13-6-8-14/h9H,5-8H2,1-4H3,(H,13,15). The molecule has 17 heavy (non-hydrogen) atoms. The van der Waals surface area contributed by atoms with Crippen LogP contribution in [0.5, 0.6) is 0 Å². The Morgan fingerprint density at radius 3 is 2.65 bits per heavy atom. The molecule has 1 aliphatic heterocycles. The van der Waals surface area contributed by atoms with E-state index in [1.54, 1.807) is 0 Å². The Morgan fingerprint density at radius 2 is 2.06 bits per heavy atom. The van der Waals surface area contributed by atoms with Crippen molar-refractivity contribution in [2.45, 2.75) is 45.8 Å². The topological polar surface area (TPSA) is 58.6 Å². The van der Waals surface area contributed by atoms with Gasteiger partial charge < -0.3 is 10.1 Å². The predicted molar refractivity (Wildman–Crippen MR) is 64.5 cm³/mol. The highest BCUT2D eigenvalue weighted by Crippen LogP contribution is 2.12. The number of hydrogen-bond donors (Lipinski definition) is 1. The van der Waals surface area contributed by atoms with Gasteiger partial charge in [0.25, 0.3) is 0 Å². The van der Waals surface area contributed by atoms with E-state index in [9.17, 15) is 9.59 Å². The molecule has 5 nitrogen and oxygen atoms in total. The zero-order chi connectivity index (χ0) is 13.1. The van der Waals surface area contributed by atoms with Crippen LogP contribution in [-0.4, -0.2) is 48.1 Å². The number of nitrogens with one attached hydrogen (secondary N) is 1. The Balaban J connectivity index is 2.53. The molecule has 1 saturated heterocycles. The van der Waals surface area contributed by atoms with E-state index in [-0.39, 0.29) is 17.9 Å². The fourth-order valence-electron chi connectivity index (χ4n) is 1.71. The monoisotopic (exact) mass is 242 g/mol. The molecule has 1 fully saturated rings. The Kier molecular flexibility index (Phi) is 4.51. The van der Waals surface area contributed by atoms with Gasteiger partial charge >= 0.3 is 5.97 Å². The van der Waals surface area contributed by atoms with E-state index in [0.717, 1.165) is 0 Å². The van der Waals surface area contributed by atoms with Crippen molar-refractivity contribution in [2.24, 2.45) is 0 Å². The van der Waals surface area contributed by atoms with Gasteiger partial charge in [0.2, 0.25) is 5.91 Å². The molecule has 0 aromatic heterocycles. The van der Waals surface area contributed by atoms with Crippen LogP contribution >= 0.6 is 0 Å². The first-order chi connectivity index (χ1) is 7.79. The van der Waals surface area contributed by atoms with Crippen LogP contribution in [0, 0.1) is 0 Å². The van der Waals surface area contributed by atoms with Crippen molar-refractivity contribution in [1.29, 1.82) is 0 Å². The van der Waals surface area contributed by atoms with E-state index in [1.165, 1.54) is 0 Å². The molecule has 98 valence electrons. The summed E-state index contributed by atoms with van der Waals surface area (Å²) in [7, 11) is 0. The van der Waals surface area contributed by atoms with Crippen LogP contribution in [0.2, 0.25) is 0 Å². The molecule has 0 aliphatic carbocycles. The second-order valence-electron chi connectivity index (χ2n) is 5.35. The van der Waals surface area contributed by atoms with Crippen molar-refractivity contribution in [3.63, 3.8) is 0 Å². The number of esters is 1. The van der Waals surface area contributed by atoms with E-state index in [2.05, 4.69) is 5.32 Å². The first kappa shape index (κ1) is 14.0. The highest BCUT2D eigenvalue weighted by atomic mass is 16.6. The van der Waals surface area contributed by atoms with Gasteiger partial charge in [-0.15, -0.1) is 0 Å². The number of nitrogens with zero attached hydrogens (tertiary/aromatic N) is 1. The summed E-state index contributed by atoms with van der Waals surface area (Å²) < 4.78 is 5.33. The van der Waals surface area contributed by atoms with Crippen LogP contribution in [0.1, 0.15) is 34.1 Å². The van der Waals surface area contributed by atoms with Crippen LogP contribution in [0.25, 0.3) is 0 Å². The first-order valence-electron chi connectivity index (χ1n) is 6.03. The summed E-state index contributed by atoms with van der Waals surface area (Å²) in [6, 6.07) is -0.304. The molecule has 1 aliphatic rings. The molecule has 1 atom stereocenters. The number of carbonyl (C=O) groups is 2. The largest absolute Gasteiger partial charge is 0.459 e. The number of amides is 1. The van der Waals surface area contributed by atoms with Gasteiger partial charge in [-0.05, 0) is 27.7 Å². The summed E-state index contributed by atoms with van der Waals surface area (Å²) in [5.41, 5.74) is -0.467. The number of carbonyl (C=O) groups excluding carboxylic acids is 2. The van der Waals surface area contributed by atoms with Crippen molar-refractivity contribution >= 4 is 11.9 Å². The van der Waals surface area contributed by atoms with E-state index >= 15 is 0 Å². The molecule has 1 N–H and O–H groups in total. The molecule has 1 rings (SSSR count). The highest BCUT2D eigenvalue weighted by molar-refractivity contribution is 5.77. The molecule has 0 aromatic carbocycles. The second kappa shape index (κ2) is 5.49. The van der Waals surface area contributed by atoms with Gasteiger partial charge in [0.05, 0.1) is 0 Å². The molecule has 5 heteroatoms. The lowest BCUT2D eigenvalue weighted by Gasteiger charge is -2.28. The molecular formula is C12H22N2O3. The molecule has 1 unspecified atom stereocenters. The highest BCUT2D eigenvalue weighted by Gasteiger charge is 2.27. The third-order valence-electron chi connectivity index (χ3n) is 2.64. The molecule has 0 radical (unpaired) electrons. The third kappa shape index (κ3) is 4.73. The smallest absolute Gasteiger partial charge is 0.323 e. The van der Waals surface area contributed by atoms with Gasteiger partial charge in [-0.3, -0.25) is 14.5 Å². The summed E-state index contributed by atoms with van der Waals surface area (Å²) >= 11 is 0. The number of hydrogen-bond acceptors (Lipinski definition) is 4. The van der Waals surface area contributed by atoms with Crippen LogP contribution in [0.4, 0.5) is 0 Å². The zero-order valence-electron chi connectivity index (χ0n) is 11.1. The lowest BCUT2D eigenvalue weighted by Crippen LogP contribution is -2.44. The fourth-order valence-corrected chi connectivity index (χ4v) is 1.71. The maximum Gasteiger partial charge on any atom is 0.323 e. The average Bonchev–Trinajstić information content (AvgIpc) is 2.39. The van der Waals surface area contributed by atoms with Gasteiger partial charge in [-0.1, -0.05) is 0 Å². The Bertz CT molecular complexity index is 297. The fraction of sp³-hybridized carbons (Fsp3) is 0.833. The number of ether oxygens (including phenoxy) is 1. The quantitative estimate of drug-likeness (QED) is 0.718. The normalized spacial score (nSPS) is 20.4. The van der Waals surface area contributed by atoms with Crippen LogP contribution in [0.15, 0.2) is 0 Å². The minimum atomic E-state index is -0.467. The Morgan fingerprint density at radius 1 is 1.41 bits per heavy atom. The van der Waals surface area contributed by atoms with Crippen molar-refractivity contribution in [3.8, 4) is 0 Å². The molecule has 0 spiro atoms. The lowest BCUT2D eigenvalue weighted by atomic mass is 10.2. The van der Waals surface area contributed by atoms with Crippen molar-refractivity contribution < 1.29 is 14.3 Å². The maximum atomic E-state index is 11.9. The van der Waals surface area contributed by atoms with Gasteiger partial charge in [0.1, 0.15) is 11.6 Å². The van der Waals surface area contributed by atoms with Crippen LogP contribution in [-0.2, 0) is 14.3 Å². The van der Waals surface area contributed by atoms with Crippen LogP contribution in [0.3, 0.4) is 0 Å². The second-order valence-corrected chi connectivity index (χ2v) is 5.35. The Hall–Kier alpha value is -1.10. The molecule has 1 heterocycles. The van der Waals surface area contributed by atoms with Gasteiger partial charge in [-0.2, -0.15) is 0 Å². The zero-order valence-corrected chi connectivity index (χ0v) is 11.1. The van der Waals surface area contributed by atoms with Gasteiger partial charge in [0, 0.05) is 26.1 Å². The minimum absolute atomic E-state index is 0.0453. The van der Waals surface area contributed by atoms with E-state index in [1.807, 2.05) is 32.6 Å². The Labute approximate surface area is 102 Å². The predicted octanol–water partition coefficient (Wildman–Crippen LogP) is 0.539. The van der Waals surface area contributed by atoms with Crippen molar-refractivity contribution in [2.75, 3.05) is 19.6 Å². The average molecular weight is 242 g/mol. The van der Waals surface area contributed by atoms with Crippen molar-refractivity contribution in [3.05, 3.63) is 0 Å². The summed E-state index contributed by atoms with van der Waals surface area (Å²) in [5.74, 6) is -0.185. The van der Waals surface area contributed by atoms with Gasteiger partial charge in [0.15, 0.2) is 0 Å². The first-order valence-corrected chi connectivity index (χ1v) is 6.03. The SMILES string of the molecule is CC(C(=O)OC(C)(C)C)N1CCNC(=O)CC1. The summed E-state index contributed by atoms with van der Waals surface area (Å²) in [4.78, 5) is 25.1.